The quantitative estimate of drug-likeness (QED) is 0.612. The molecule has 20 heavy (non-hydrogen) atoms. The standard InChI is InChI=1S/C18H28NP/c19-15-11-13-18(14-12-15)20(16-7-3-1-4-8-16)17-9-5-2-6-10-17/h11-14,16-17H,1-10,19H2. The Bertz CT molecular complexity index is 384. The van der Waals surface area contributed by atoms with Crippen LogP contribution in [0, 0.1) is 0 Å². The summed E-state index contributed by atoms with van der Waals surface area (Å²) in [6.45, 7) is 0. The highest BCUT2D eigenvalue weighted by Gasteiger charge is 2.31. The molecule has 0 spiro atoms. The van der Waals surface area contributed by atoms with Gasteiger partial charge in [0.15, 0.2) is 0 Å². The van der Waals surface area contributed by atoms with E-state index in [9.17, 15) is 0 Å². The number of hydrogen-bond acceptors (Lipinski definition) is 1. The first-order valence-corrected chi connectivity index (χ1v) is 9.96. The molecular weight excluding hydrogens is 261 g/mol. The van der Waals surface area contributed by atoms with E-state index in [0.29, 0.717) is 0 Å². The molecule has 110 valence electrons. The zero-order valence-electron chi connectivity index (χ0n) is 12.6. The summed E-state index contributed by atoms with van der Waals surface area (Å²) in [5.41, 5.74) is 8.79. The number of nitrogens with two attached hydrogens (primary N) is 1. The average molecular weight is 289 g/mol. The third kappa shape index (κ3) is 3.37. The lowest BCUT2D eigenvalue weighted by molar-refractivity contribution is 0.487. The molecule has 0 bridgehead atoms. The van der Waals surface area contributed by atoms with E-state index < -0.39 is 0 Å². The van der Waals surface area contributed by atoms with Crippen molar-refractivity contribution in [3.05, 3.63) is 24.3 Å². The molecule has 1 aromatic rings. The lowest BCUT2D eigenvalue weighted by Crippen LogP contribution is -2.26. The molecule has 2 saturated carbocycles. The number of rotatable bonds is 3. The maximum Gasteiger partial charge on any atom is 0.0314 e. The van der Waals surface area contributed by atoms with Crippen molar-refractivity contribution < 1.29 is 0 Å². The van der Waals surface area contributed by atoms with E-state index in [1.165, 1.54) is 64.2 Å². The van der Waals surface area contributed by atoms with Crippen LogP contribution in [0.25, 0.3) is 0 Å². The van der Waals surface area contributed by atoms with E-state index in [-0.39, 0.29) is 7.92 Å². The van der Waals surface area contributed by atoms with Gasteiger partial charge in [0, 0.05) is 5.69 Å². The van der Waals surface area contributed by atoms with Crippen LogP contribution >= 0.6 is 7.92 Å². The third-order valence-corrected chi connectivity index (χ3v) is 8.63. The van der Waals surface area contributed by atoms with Gasteiger partial charge in [0.25, 0.3) is 0 Å². The molecule has 1 aromatic carbocycles. The average Bonchev–Trinajstić information content (AvgIpc) is 2.52. The van der Waals surface area contributed by atoms with Gasteiger partial charge < -0.3 is 5.73 Å². The summed E-state index contributed by atoms with van der Waals surface area (Å²) in [4.78, 5) is 0. The highest BCUT2D eigenvalue weighted by atomic mass is 31.1. The van der Waals surface area contributed by atoms with Crippen molar-refractivity contribution in [2.45, 2.75) is 75.5 Å². The Morgan fingerprint density at radius 1 is 0.700 bits per heavy atom. The maximum atomic E-state index is 5.89. The Balaban J connectivity index is 1.83. The Morgan fingerprint density at radius 3 is 1.60 bits per heavy atom. The van der Waals surface area contributed by atoms with Gasteiger partial charge >= 0.3 is 0 Å². The molecule has 0 aliphatic heterocycles. The van der Waals surface area contributed by atoms with Crippen molar-refractivity contribution in [2.24, 2.45) is 0 Å². The molecule has 2 heteroatoms. The summed E-state index contributed by atoms with van der Waals surface area (Å²) in [6, 6.07) is 8.92. The van der Waals surface area contributed by atoms with Crippen LogP contribution < -0.4 is 11.0 Å². The summed E-state index contributed by atoms with van der Waals surface area (Å²) in [6.07, 6.45) is 14.7. The fourth-order valence-corrected chi connectivity index (χ4v) is 7.86. The molecule has 0 radical (unpaired) electrons. The molecular formula is C18H28NP. The van der Waals surface area contributed by atoms with E-state index in [0.717, 1.165) is 17.0 Å². The van der Waals surface area contributed by atoms with Crippen LogP contribution in [0.2, 0.25) is 0 Å². The summed E-state index contributed by atoms with van der Waals surface area (Å²) in [5.74, 6) is 0. The monoisotopic (exact) mass is 289 g/mol. The minimum atomic E-state index is 0.0400. The van der Waals surface area contributed by atoms with Crippen molar-refractivity contribution in [2.75, 3.05) is 5.73 Å². The lowest BCUT2D eigenvalue weighted by Gasteiger charge is -2.38. The zero-order valence-corrected chi connectivity index (χ0v) is 13.5. The third-order valence-electron chi connectivity index (χ3n) is 5.13. The van der Waals surface area contributed by atoms with Crippen LogP contribution in [0.15, 0.2) is 24.3 Å². The van der Waals surface area contributed by atoms with Gasteiger partial charge in [0.2, 0.25) is 0 Å². The smallest absolute Gasteiger partial charge is 0.0314 e. The second-order valence-electron chi connectivity index (χ2n) is 6.58. The van der Waals surface area contributed by atoms with Crippen molar-refractivity contribution >= 4 is 18.9 Å². The fourth-order valence-electron chi connectivity index (χ4n) is 4.08. The second-order valence-corrected chi connectivity index (χ2v) is 9.37. The van der Waals surface area contributed by atoms with E-state index in [4.69, 9.17) is 5.73 Å². The summed E-state index contributed by atoms with van der Waals surface area (Å²) in [7, 11) is 0.0400. The van der Waals surface area contributed by atoms with Gasteiger partial charge in [0.1, 0.15) is 0 Å². The maximum absolute atomic E-state index is 5.89. The number of hydrogen-bond donors (Lipinski definition) is 1. The molecule has 0 saturated heterocycles. The zero-order chi connectivity index (χ0) is 13.8. The van der Waals surface area contributed by atoms with Crippen LogP contribution in [0.1, 0.15) is 64.2 Å². The van der Waals surface area contributed by atoms with Gasteiger partial charge in [-0.3, -0.25) is 0 Å². The summed E-state index contributed by atoms with van der Waals surface area (Å²) >= 11 is 0. The first-order valence-electron chi connectivity index (χ1n) is 8.48. The fraction of sp³-hybridized carbons (Fsp3) is 0.667. The first kappa shape index (κ1) is 14.4. The van der Waals surface area contributed by atoms with Crippen LogP contribution in [0.5, 0.6) is 0 Å². The van der Waals surface area contributed by atoms with Crippen molar-refractivity contribution in [3.63, 3.8) is 0 Å². The van der Waals surface area contributed by atoms with Crippen molar-refractivity contribution in [3.8, 4) is 0 Å². The minimum Gasteiger partial charge on any atom is -0.399 e. The number of nitrogen functional groups attached to an aromatic ring is 1. The second kappa shape index (κ2) is 6.94. The molecule has 2 N–H and O–H groups in total. The first-order chi connectivity index (χ1) is 9.84. The molecule has 2 fully saturated rings. The van der Waals surface area contributed by atoms with Crippen molar-refractivity contribution in [1.82, 2.24) is 0 Å². The number of benzene rings is 1. The van der Waals surface area contributed by atoms with E-state index in [1.54, 1.807) is 5.30 Å². The molecule has 0 aromatic heterocycles. The predicted octanol–water partition coefficient (Wildman–Crippen LogP) is 5.04. The number of anilines is 1. The molecule has 0 heterocycles. The highest BCUT2D eigenvalue weighted by Crippen LogP contribution is 2.54. The Hall–Kier alpha value is -0.550. The molecule has 2 aliphatic rings. The molecule has 3 rings (SSSR count). The minimum absolute atomic E-state index is 0.0400. The summed E-state index contributed by atoms with van der Waals surface area (Å²) < 4.78 is 0. The van der Waals surface area contributed by atoms with Crippen LogP contribution in [-0.4, -0.2) is 11.3 Å². The molecule has 2 aliphatic carbocycles. The lowest BCUT2D eigenvalue weighted by atomic mass is 9.99. The summed E-state index contributed by atoms with van der Waals surface area (Å²) in [5, 5.41) is 1.63. The Morgan fingerprint density at radius 2 is 1.15 bits per heavy atom. The van der Waals surface area contributed by atoms with E-state index in [1.807, 2.05) is 0 Å². The molecule has 1 nitrogen and oxygen atoms in total. The van der Waals surface area contributed by atoms with E-state index in [2.05, 4.69) is 24.3 Å². The van der Waals surface area contributed by atoms with Crippen LogP contribution in [0.4, 0.5) is 5.69 Å². The van der Waals surface area contributed by atoms with Gasteiger partial charge in [-0.1, -0.05) is 58.6 Å². The van der Waals surface area contributed by atoms with Crippen molar-refractivity contribution in [1.29, 1.82) is 0 Å². The SMILES string of the molecule is Nc1ccc(P(C2CCCCC2)C2CCCCC2)cc1. The van der Waals surface area contributed by atoms with Gasteiger partial charge in [0.05, 0.1) is 0 Å². The van der Waals surface area contributed by atoms with E-state index >= 15 is 0 Å². The van der Waals surface area contributed by atoms with Gasteiger partial charge in [-0.2, -0.15) is 0 Å². The van der Waals surface area contributed by atoms with Crippen LogP contribution in [-0.2, 0) is 0 Å². The normalized spacial score (nSPS) is 22.2. The van der Waals surface area contributed by atoms with Gasteiger partial charge in [-0.25, -0.2) is 0 Å². The Kier molecular flexibility index (Phi) is 4.99. The van der Waals surface area contributed by atoms with Crippen LogP contribution in [0.3, 0.4) is 0 Å². The van der Waals surface area contributed by atoms with Gasteiger partial charge in [-0.05, 0) is 54.4 Å². The highest BCUT2D eigenvalue weighted by molar-refractivity contribution is 7.67. The molecule has 0 amide bonds. The molecule has 0 atom stereocenters. The topological polar surface area (TPSA) is 26.0 Å². The molecule has 0 unspecified atom stereocenters. The predicted molar refractivity (Wildman–Crippen MR) is 91.2 cm³/mol. The Labute approximate surface area is 125 Å². The largest absolute Gasteiger partial charge is 0.399 e. The van der Waals surface area contributed by atoms with Gasteiger partial charge in [-0.15, -0.1) is 0 Å².